The highest BCUT2D eigenvalue weighted by atomic mass is 16.3. The van der Waals surface area contributed by atoms with Gasteiger partial charge in [0.1, 0.15) is 23.2 Å². The topological polar surface area (TPSA) is 54.8 Å². The molecule has 1 unspecified atom stereocenters. The highest BCUT2D eigenvalue weighted by Gasteiger charge is 2.35. The maximum absolute atomic E-state index is 6.72. The number of aromatic nitrogens is 1. The van der Waals surface area contributed by atoms with Crippen LogP contribution < -0.4 is 5.32 Å². The van der Waals surface area contributed by atoms with E-state index in [1.165, 1.54) is 38.5 Å². The summed E-state index contributed by atoms with van der Waals surface area (Å²) < 4.78 is 9.12. The molecule has 1 N–H and O–H groups in total. The molecule has 2 aromatic heterocycles. The molecule has 0 bridgehead atoms. The Balaban J connectivity index is 1.13. The van der Waals surface area contributed by atoms with Gasteiger partial charge in [0, 0.05) is 49.8 Å². The number of amidine groups is 2. The molecule has 11 rings (SSSR count). The Morgan fingerprint density at radius 2 is 1.32 bits per heavy atom. The number of nitrogens with zero attached hydrogens (tertiary/aromatic N) is 3. The van der Waals surface area contributed by atoms with Gasteiger partial charge in [-0.05, 0) is 58.1 Å². The minimum absolute atomic E-state index is 0.0944. The van der Waals surface area contributed by atoms with Crippen molar-refractivity contribution >= 4 is 55.4 Å². The van der Waals surface area contributed by atoms with Gasteiger partial charge < -0.3 is 14.3 Å². The molecule has 0 spiro atoms. The summed E-state index contributed by atoms with van der Waals surface area (Å²) in [4.78, 5) is 10.4. The smallest absolute Gasteiger partial charge is 0.160 e. The summed E-state index contributed by atoms with van der Waals surface area (Å²) in [5.74, 6) is 1.47. The number of aliphatic imine (C=N–C) groups is 2. The van der Waals surface area contributed by atoms with Gasteiger partial charge in [0.05, 0.1) is 11.0 Å². The molecule has 1 atom stereocenters. The fourth-order valence-electron chi connectivity index (χ4n) is 8.70. The second-order valence-corrected chi connectivity index (χ2v) is 14.6. The maximum Gasteiger partial charge on any atom is 0.160 e. The number of rotatable bonds is 4. The fourth-order valence-corrected chi connectivity index (χ4v) is 8.70. The average Bonchev–Trinajstić information content (AvgIpc) is 3.82. The van der Waals surface area contributed by atoms with E-state index in [0.717, 1.165) is 55.7 Å². The van der Waals surface area contributed by atoms with Crippen LogP contribution in [-0.2, 0) is 5.41 Å². The average molecular weight is 683 g/mol. The van der Waals surface area contributed by atoms with E-state index in [0.29, 0.717) is 5.84 Å². The normalized spacial score (nSPS) is 16.1. The largest absolute Gasteiger partial charge is 0.456 e. The van der Waals surface area contributed by atoms with Crippen molar-refractivity contribution in [1.82, 2.24) is 9.88 Å². The van der Waals surface area contributed by atoms with Crippen LogP contribution in [0.4, 0.5) is 0 Å². The van der Waals surface area contributed by atoms with Crippen molar-refractivity contribution in [3.63, 3.8) is 0 Å². The van der Waals surface area contributed by atoms with E-state index in [9.17, 15) is 0 Å². The molecule has 252 valence electrons. The van der Waals surface area contributed by atoms with E-state index in [1.54, 1.807) is 0 Å². The lowest BCUT2D eigenvalue weighted by Crippen LogP contribution is -2.33. The lowest BCUT2D eigenvalue weighted by molar-refractivity contribution is 0.660. The summed E-state index contributed by atoms with van der Waals surface area (Å²) in [6.45, 7) is 4.68. The van der Waals surface area contributed by atoms with E-state index in [4.69, 9.17) is 14.4 Å². The molecule has 2 aliphatic rings. The Morgan fingerprint density at radius 1 is 0.585 bits per heavy atom. The highest BCUT2D eigenvalue weighted by molar-refractivity contribution is 6.24. The van der Waals surface area contributed by atoms with Crippen LogP contribution in [0.3, 0.4) is 0 Å². The first-order chi connectivity index (χ1) is 26.0. The summed E-state index contributed by atoms with van der Waals surface area (Å²) in [5, 5.41) is 8.03. The third kappa shape index (κ3) is 4.44. The van der Waals surface area contributed by atoms with Crippen LogP contribution in [0.25, 0.3) is 60.6 Å². The standard InChI is InChI=1S/C48H34N4O/c1-48(2)38-21-11-9-18-32(38)33-25-24-31(26-39(33)48)52-40-22-12-10-19-34(40)36-27-37-43(28-41(36)52)53-42-23-13-20-35(44(37)42)47-50-45(29-14-5-3-6-15-29)49-46(51-47)30-16-7-4-8-17-30/h3-28,45H,1-2H3,(H,49,50,51). The second kappa shape index (κ2) is 11.1. The Morgan fingerprint density at radius 3 is 2.19 bits per heavy atom. The van der Waals surface area contributed by atoms with Gasteiger partial charge in [-0.1, -0.05) is 135 Å². The lowest BCUT2D eigenvalue weighted by Gasteiger charge is -2.23. The number of para-hydroxylation sites is 1. The molecule has 0 saturated carbocycles. The van der Waals surface area contributed by atoms with Crippen molar-refractivity contribution in [2.75, 3.05) is 0 Å². The molecule has 5 nitrogen and oxygen atoms in total. The maximum atomic E-state index is 6.72. The van der Waals surface area contributed by atoms with E-state index < -0.39 is 0 Å². The molecule has 7 aromatic carbocycles. The van der Waals surface area contributed by atoms with Crippen LogP contribution in [0.2, 0.25) is 0 Å². The van der Waals surface area contributed by atoms with Crippen LogP contribution in [0.5, 0.6) is 0 Å². The number of nitrogens with one attached hydrogen (secondary N) is 1. The van der Waals surface area contributed by atoms with Crippen LogP contribution in [0.1, 0.15) is 47.8 Å². The molecule has 5 heteroatoms. The molecule has 53 heavy (non-hydrogen) atoms. The van der Waals surface area contributed by atoms with Gasteiger partial charge >= 0.3 is 0 Å². The number of benzene rings is 7. The molecule has 0 saturated heterocycles. The third-order valence-corrected chi connectivity index (χ3v) is 11.3. The van der Waals surface area contributed by atoms with Gasteiger partial charge in [-0.3, -0.25) is 0 Å². The summed E-state index contributed by atoms with van der Waals surface area (Å²) in [6, 6.07) is 55.8. The molecule has 1 aliphatic heterocycles. The van der Waals surface area contributed by atoms with Crippen molar-refractivity contribution < 1.29 is 4.42 Å². The van der Waals surface area contributed by atoms with E-state index in [1.807, 2.05) is 36.4 Å². The predicted octanol–water partition coefficient (Wildman–Crippen LogP) is 11.5. The van der Waals surface area contributed by atoms with Gasteiger partial charge in [-0.2, -0.15) is 0 Å². The third-order valence-electron chi connectivity index (χ3n) is 11.3. The predicted molar refractivity (Wildman–Crippen MR) is 217 cm³/mol. The summed E-state index contributed by atoms with van der Waals surface area (Å²) in [5.41, 5.74) is 13.4. The van der Waals surface area contributed by atoms with Crippen LogP contribution in [0, 0.1) is 0 Å². The first-order valence-corrected chi connectivity index (χ1v) is 18.2. The van der Waals surface area contributed by atoms with Crippen molar-refractivity contribution in [2.24, 2.45) is 9.98 Å². The Bertz CT molecular complexity index is 3000. The SMILES string of the molecule is CC1(C)c2ccccc2-c2ccc(-n3c4ccccc4c4cc5c(cc43)oc3cccc(C4=NC(c6ccccc6)NC(c6ccccc6)=N4)c35)cc21. The minimum atomic E-state index is -0.290. The number of hydrogen-bond acceptors (Lipinski definition) is 4. The summed E-state index contributed by atoms with van der Waals surface area (Å²) in [6.07, 6.45) is -0.290. The second-order valence-electron chi connectivity index (χ2n) is 14.6. The molecule has 0 amide bonds. The fraction of sp³-hybridized carbons (Fsp3) is 0.0833. The van der Waals surface area contributed by atoms with Gasteiger partial charge in [-0.25, -0.2) is 9.98 Å². The van der Waals surface area contributed by atoms with Gasteiger partial charge in [-0.15, -0.1) is 0 Å². The first-order valence-electron chi connectivity index (χ1n) is 18.2. The monoisotopic (exact) mass is 682 g/mol. The quantitative estimate of drug-likeness (QED) is 0.201. The van der Waals surface area contributed by atoms with Crippen molar-refractivity contribution in [3.05, 3.63) is 186 Å². The van der Waals surface area contributed by atoms with Gasteiger partial charge in [0.2, 0.25) is 0 Å². The van der Waals surface area contributed by atoms with Crippen LogP contribution >= 0.6 is 0 Å². The highest BCUT2D eigenvalue weighted by Crippen LogP contribution is 2.49. The van der Waals surface area contributed by atoms with Crippen LogP contribution in [0.15, 0.2) is 172 Å². The van der Waals surface area contributed by atoms with Crippen molar-refractivity contribution in [3.8, 4) is 16.8 Å². The van der Waals surface area contributed by atoms with Crippen molar-refractivity contribution in [2.45, 2.75) is 25.4 Å². The number of hydrogen-bond donors (Lipinski definition) is 1. The van der Waals surface area contributed by atoms with Gasteiger partial charge in [0.25, 0.3) is 0 Å². The zero-order valence-corrected chi connectivity index (χ0v) is 29.3. The minimum Gasteiger partial charge on any atom is -0.456 e. The van der Waals surface area contributed by atoms with Crippen molar-refractivity contribution in [1.29, 1.82) is 0 Å². The first kappa shape index (κ1) is 30.0. The molecular weight excluding hydrogens is 649 g/mol. The number of fused-ring (bicyclic) bond motifs is 9. The van der Waals surface area contributed by atoms with Gasteiger partial charge in [0.15, 0.2) is 5.84 Å². The molecular formula is C48H34N4O. The Labute approximate surface area is 306 Å². The Hall–Kier alpha value is -6.72. The number of furan rings is 1. The molecule has 0 fully saturated rings. The summed E-state index contributed by atoms with van der Waals surface area (Å²) >= 11 is 0. The van der Waals surface area contributed by atoms with E-state index >= 15 is 0 Å². The van der Waals surface area contributed by atoms with Crippen LogP contribution in [-0.4, -0.2) is 16.2 Å². The molecule has 3 heterocycles. The summed E-state index contributed by atoms with van der Waals surface area (Å²) in [7, 11) is 0. The zero-order valence-electron chi connectivity index (χ0n) is 29.3. The zero-order chi connectivity index (χ0) is 35.3. The Kier molecular flexibility index (Phi) is 6.30. The lowest BCUT2D eigenvalue weighted by atomic mass is 9.82. The molecule has 1 aliphatic carbocycles. The van der Waals surface area contributed by atoms with E-state index in [-0.39, 0.29) is 11.6 Å². The molecule has 9 aromatic rings. The molecule has 0 radical (unpaired) electrons. The van der Waals surface area contributed by atoms with E-state index in [2.05, 4.69) is 145 Å².